The Labute approximate surface area is 125 Å². The van der Waals surface area contributed by atoms with Crippen LogP contribution in [0.5, 0.6) is 0 Å². The lowest BCUT2D eigenvalue weighted by atomic mass is 9.98. The van der Waals surface area contributed by atoms with E-state index in [-0.39, 0.29) is 26.9 Å². The van der Waals surface area contributed by atoms with Crippen LogP contribution in [0.2, 0.25) is 0 Å². The Morgan fingerprint density at radius 2 is 1.90 bits per heavy atom. The van der Waals surface area contributed by atoms with E-state index in [1.807, 2.05) is 0 Å². The van der Waals surface area contributed by atoms with Crippen molar-refractivity contribution < 1.29 is 18.5 Å². The molecule has 0 heterocycles. The molecular weight excluding hydrogens is 350 g/mol. The van der Waals surface area contributed by atoms with E-state index < -0.39 is 22.5 Å². The standard InChI is InChI=1S/C13H7BrF2N2O3/c14-9-3-4-10(15)12(16)11(9)8-5-6(18(20)21)1-2-7(8)13(17)19/h1-5H,(H2,17,19). The summed E-state index contributed by atoms with van der Waals surface area (Å²) >= 11 is 3.03. The molecule has 0 unspecified atom stereocenters. The first-order valence-corrected chi connectivity index (χ1v) is 6.34. The Bertz CT molecular complexity index is 765. The predicted molar refractivity (Wildman–Crippen MR) is 74.7 cm³/mol. The van der Waals surface area contributed by atoms with E-state index in [9.17, 15) is 23.7 Å². The molecule has 0 spiro atoms. The molecule has 0 aliphatic carbocycles. The summed E-state index contributed by atoms with van der Waals surface area (Å²) in [4.78, 5) is 21.5. The van der Waals surface area contributed by atoms with Crippen molar-refractivity contribution in [3.63, 3.8) is 0 Å². The van der Waals surface area contributed by atoms with Crippen molar-refractivity contribution in [2.24, 2.45) is 5.73 Å². The molecule has 2 aromatic rings. The molecule has 5 nitrogen and oxygen atoms in total. The second-order valence-electron chi connectivity index (χ2n) is 4.07. The third kappa shape index (κ3) is 2.75. The van der Waals surface area contributed by atoms with E-state index in [4.69, 9.17) is 5.73 Å². The van der Waals surface area contributed by atoms with Crippen LogP contribution in [0, 0.1) is 21.7 Å². The molecule has 0 radical (unpaired) electrons. The average molecular weight is 357 g/mol. The molecule has 0 aliphatic rings. The first kappa shape index (κ1) is 15.0. The monoisotopic (exact) mass is 356 g/mol. The lowest BCUT2D eigenvalue weighted by Gasteiger charge is -2.10. The van der Waals surface area contributed by atoms with E-state index in [0.717, 1.165) is 24.3 Å². The summed E-state index contributed by atoms with van der Waals surface area (Å²) < 4.78 is 27.5. The molecule has 2 N–H and O–H groups in total. The minimum Gasteiger partial charge on any atom is -0.366 e. The first-order chi connectivity index (χ1) is 9.82. The number of primary amides is 1. The number of rotatable bonds is 3. The van der Waals surface area contributed by atoms with Gasteiger partial charge in [-0.1, -0.05) is 15.9 Å². The number of hydrogen-bond donors (Lipinski definition) is 1. The highest BCUT2D eigenvalue weighted by Crippen LogP contribution is 2.36. The smallest absolute Gasteiger partial charge is 0.270 e. The first-order valence-electron chi connectivity index (χ1n) is 5.55. The molecule has 0 bridgehead atoms. The van der Waals surface area contributed by atoms with Gasteiger partial charge < -0.3 is 5.73 Å². The lowest BCUT2D eigenvalue weighted by Crippen LogP contribution is -2.13. The highest BCUT2D eigenvalue weighted by molar-refractivity contribution is 9.10. The summed E-state index contributed by atoms with van der Waals surface area (Å²) in [6, 6.07) is 5.27. The Balaban J connectivity index is 2.84. The van der Waals surface area contributed by atoms with E-state index in [1.54, 1.807) is 0 Å². The van der Waals surface area contributed by atoms with Gasteiger partial charge in [0.05, 0.1) is 4.92 Å². The Morgan fingerprint density at radius 3 is 2.48 bits per heavy atom. The van der Waals surface area contributed by atoms with Crippen molar-refractivity contribution in [3.8, 4) is 11.1 Å². The van der Waals surface area contributed by atoms with E-state index in [2.05, 4.69) is 15.9 Å². The molecule has 0 aromatic heterocycles. The Morgan fingerprint density at radius 1 is 1.24 bits per heavy atom. The quantitative estimate of drug-likeness (QED) is 0.519. The minimum absolute atomic E-state index is 0.143. The topological polar surface area (TPSA) is 86.2 Å². The number of amides is 1. The van der Waals surface area contributed by atoms with Crippen LogP contribution in [-0.2, 0) is 0 Å². The van der Waals surface area contributed by atoms with Crippen molar-refractivity contribution in [2.45, 2.75) is 0 Å². The van der Waals surface area contributed by atoms with Gasteiger partial charge in [-0.25, -0.2) is 8.78 Å². The van der Waals surface area contributed by atoms with Crippen LogP contribution >= 0.6 is 15.9 Å². The van der Waals surface area contributed by atoms with Crippen LogP contribution in [0.4, 0.5) is 14.5 Å². The minimum atomic E-state index is -1.23. The zero-order chi connectivity index (χ0) is 15.7. The third-order valence-corrected chi connectivity index (χ3v) is 3.45. The highest BCUT2D eigenvalue weighted by Gasteiger charge is 2.22. The maximum Gasteiger partial charge on any atom is 0.270 e. The average Bonchev–Trinajstić information content (AvgIpc) is 2.43. The van der Waals surface area contributed by atoms with E-state index >= 15 is 0 Å². The van der Waals surface area contributed by atoms with Crippen molar-refractivity contribution in [3.05, 3.63) is 62.1 Å². The second-order valence-corrected chi connectivity index (χ2v) is 4.92. The number of nitrogens with zero attached hydrogens (tertiary/aromatic N) is 1. The maximum atomic E-state index is 14.0. The largest absolute Gasteiger partial charge is 0.366 e. The predicted octanol–water partition coefficient (Wildman–Crippen LogP) is 3.40. The lowest BCUT2D eigenvalue weighted by molar-refractivity contribution is -0.384. The molecule has 0 saturated heterocycles. The summed E-state index contributed by atoms with van der Waals surface area (Å²) in [6.07, 6.45) is 0. The molecule has 2 rings (SSSR count). The number of nitro groups is 1. The Hall–Kier alpha value is -2.35. The normalized spacial score (nSPS) is 10.4. The number of hydrogen-bond acceptors (Lipinski definition) is 3. The van der Waals surface area contributed by atoms with Gasteiger partial charge in [0.15, 0.2) is 11.6 Å². The summed E-state index contributed by atoms with van der Waals surface area (Å²) in [5.74, 6) is -3.28. The summed E-state index contributed by atoms with van der Waals surface area (Å²) in [5.41, 5.74) is 4.21. The summed E-state index contributed by atoms with van der Waals surface area (Å²) in [6.45, 7) is 0. The van der Waals surface area contributed by atoms with Crippen molar-refractivity contribution in [2.75, 3.05) is 0 Å². The van der Waals surface area contributed by atoms with Crippen LogP contribution in [-0.4, -0.2) is 10.8 Å². The van der Waals surface area contributed by atoms with Crippen molar-refractivity contribution >= 4 is 27.5 Å². The summed E-state index contributed by atoms with van der Waals surface area (Å²) in [7, 11) is 0. The molecule has 0 fully saturated rings. The fourth-order valence-electron chi connectivity index (χ4n) is 1.84. The zero-order valence-electron chi connectivity index (χ0n) is 10.3. The fraction of sp³-hybridized carbons (Fsp3) is 0. The van der Waals surface area contributed by atoms with Crippen LogP contribution in [0.3, 0.4) is 0 Å². The van der Waals surface area contributed by atoms with E-state index in [1.165, 1.54) is 6.07 Å². The second kappa shape index (κ2) is 5.57. The molecule has 1 amide bonds. The van der Waals surface area contributed by atoms with Gasteiger partial charge >= 0.3 is 0 Å². The van der Waals surface area contributed by atoms with Crippen molar-refractivity contribution in [1.82, 2.24) is 0 Å². The van der Waals surface area contributed by atoms with Crippen LogP contribution in [0.25, 0.3) is 11.1 Å². The summed E-state index contributed by atoms with van der Waals surface area (Å²) in [5, 5.41) is 10.8. The molecule has 0 aliphatic heterocycles. The number of halogens is 3. The van der Waals surface area contributed by atoms with Gasteiger partial charge in [0.2, 0.25) is 5.91 Å². The fourth-order valence-corrected chi connectivity index (χ4v) is 2.36. The van der Waals surface area contributed by atoms with Gasteiger partial charge in [-0.15, -0.1) is 0 Å². The van der Waals surface area contributed by atoms with Gasteiger partial charge in [0.25, 0.3) is 5.69 Å². The molecule has 108 valence electrons. The SMILES string of the molecule is NC(=O)c1ccc([N+](=O)[O-])cc1-c1c(Br)ccc(F)c1F. The van der Waals surface area contributed by atoms with Crippen LogP contribution in [0.1, 0.15) is 10.4 Å². The van der Waals surface area contributed by atoms with Crippen molar-refractivity contribution in [1.29, 1.82) is 0 Å². The number of carbonyl (C=O) groups excluding carboxylic acids is 1. The maximum absolute atomic E-state index is 14.0. The molecular formula is C13H7BrF2N2O3. The zero-order valence-corrected chi connectivity index (χ0v) is 11.9. The van der Waals surface area contributed by atoms with Crippen LogP contribution < -0.4 is 5.73 Å². The van der Waals surface area contributed by atoms with Gasteiger partial charge in [0, 0.05) is 33.3 Å². The number of nitro benzene ring substituents is 1. The third-order valence-electron chi connectivity index (χ3n) is 2.79. The number of benzene rings is 2. The van der Waals surface area contributed by atoms with Gasteiger partial charge in [-0.3, -0.25) is 14.9 Å². The van der Waals surface area contributed by atoms with Crippen LogP contribution in [0.15, 0.2) is 34.8 Å². The van der Waals surface area contributed by atoms with E-state index in [0.29, 0.717) is 0 Å². The van der Waals surface area contributed by atoms with Gasteiger partial charge in [0.1, 0.15) is 0 Å². The molecule has 21 heavy (non-hydrogen) atoms. The number of non-ortho nitro benzene ring substituents is 1. The molecule has 0 saturated carbocycles. The number of carbonyl (C=O) groups is 1. The molecule has 2 aromatic carbocycles. The molecule has 8 heteroatoms. The Kier molecular flexibility index (Phi) is 3.99. The van der Waals surface area contributed by atoms with Gasteiger partial charge in [-0.2, -0.15) is 0 Å². The van der Waals surface area contributed by atoms with Gasteiger partial charge in [-0.05, 0) is 18.2 Å². The molecule has 0 atom stereocenters. The highest BCUT2D eigenvalue weighted by atomic mass is 79.9. The number of nitrogens with two attached hydrogens (primary N) is 1.